The van der Waals surface area contributed by atoms with Crippen LogP contribution < -0.4 is 4.57 Å². The molecule has 2 heteroatoms. The van der Waals surface area contributed by atoms with E-state index in [9.17, 15) is 0 Å². The highest BCUT2D eigenvalue weighted by molar-refractivity contribution is 5.95. The fourth-order valence-electron chi connectivity index (χ4n) is 5.58. The second kappa shape index (κ2) is 8.65. The average molecular weight is 454 g/mol. The summed E-state index contributed by atoms with van der Waals surface area (Å²) >= 11 is 0. The molecule has 1 aliphatic carbocycles. The molecular weight excluding hydrogens is 417 g/mol. The molecule has 34 heavy (non-hydrogen) atoms. The van der Waals surface area contributed by atoms with Crippen LogP contribution in [0.4, 0.5) is 4.39 Å². The number of fused-ring (bicyclic) bond motifs is 1. The molecule has 1 aliphatic rings. The Hall–Kier alpha value is -3.00. The number of nitrogens with zero attached hydrogens (tertiary/aromatic N) is 1. The second-order valence-corrected chi connectivity index (χ2v) is 10.9. The molecule has 0 radical (unpaired) electrons. The predicted octanol–water partition coefficient (Wildman–Crippen LogP) is 8.44. The van der Waals surface area contributed by atoms with Gasteiger partial charge in [-0.2, -0.15) is 4.57 Å². The third kappa shape index (κ3) is 4.15. The van der Waals surface area contributed by atoms with Gasteiger partial charge in [0.15, 0.2) is 5.69 Å². The molecule has 1 aromatic heterocycles. The zero-order valence-corrected chi connectivity index (χ0v) is 21.0. The Kier molecular flexibility index (Phi) is 5.48. The number of aromatic nitrogens is 1. The molecule has 0 unspecified atom stereocenters. The van der Waals surface area contributed by atoms with Crippen LogP contribution in [0.25, 0.3) is 33.2 Å². The second-order valence-electron chi connectivity index (χ2n) is 10.9. The Morgan fingerprint density at radius 1 is 0.941 bits per heavy atom. The Labute approximate surface area is 204 Å². The van der Waals surface area contributed by atoms with Crippen LogP contribution in [0.3, 0.4) is 0 Å². The smallest absolute Gasteiger partial charge is 0.206 e. The van der Waals surface area contributed by atoms with E-state index in [1.165, 1.54) is 31.2 Å². The number of aryl methyl sites for hydroxylation is 1. The summed E-state index contributed by atoms with van der Waals surface area (Å²) in [7, 11) is 2.02. The Morgan fingerprint density at radius 3 is 2.35 bits per heavy atom. The summed E-state index contributed by atoms with van der Waals surface area (Å²) in [5.74, 6) is 0.350. The van der Waals surface area contributed by atoms with Gasteiger partial charge in [-0.3, -0.25) is 0 Å². The highest BCUT2D eigenvalue weighted by atomic mass is 19.1. The van der Waals surface area contributed by atoms with E-state index in [2.05, 4.69) is 36.6 Å². The van der Waals surface area contributed by atoms with Gasteiger partial charge in [0.05, 0.1) is 12.3 Å². The summed E-state index contributed by atoms with van der Waals surface area (Å²) < 4.78 is 26.1. The zero-order valence-electron chi connectivity index (χ0n) is 22.0. The molecule has 0 spiro atoms. The molecule has 0 atom stereocenters. The minimum absolute atomic E-state index is 0.208. The van der Waals surface area contributed by atoms with Gasteiger partial charge in [-0.05, 0) is 84.2 Å². The molecule has 174 valence electrons. The lowest BCUT2D eigenvalue weighted by molar-refractivity contribution is -0.665. The van der Waals surface area contributed by atoms with Crippen LogP contribution in [0.15, 0.2) is 66.7 Å². The van der Waals surface area contributed by atoms with Gasteiger partial charge < -0.3 is 0 Å². The van der Waals surface area contributed by atoms with Gasteiger partial charge in [0.1, 0.15) is 12.9 Å². The van der Waals surface area contributed by atoms with Crippen LogP contribution in [-0.2, 0) is 7.05 Å². The first kappa shape index (κ1) is 21.5. The van der Waals surface area contributed by atoms with Crippen molar-refractivity contribution in [1.82, 2.24) is 0 Å². The maximum Gasteiger partial charge on any atom is 0.220 e. The molecule has 0 aliphatic heterocycles. The van der Waals surface area contributed by atoms with Crippen molar-refractivity contribution in [3.63, 3.8) is 0 Å². The summed E-state index contributed by atoms with van der Waals surface area (Å²) in [5.41, 5.74) is 7.12. The molecule has 1 fully saturated rings. The minimum Gasteiger partial charge on any atom is -0.206 e. The highest BCUT2D eigenvalue weighted by Gasteiger charge is 2.28. The van der Waals surface area contributed by atoms with E-state index >= 15 is 4.39 Å². The maximum absolute atomic E-state index is 15.1. The first-order valence-corrected chi connectivity index (χ1v) is 12.4. The third-order valence-electron chi connectivity index (χ3n) is 7.92. The van der Waals surface area contributed by atoms with Crippen LogP contribution in [-0.4, -0.2) is 0 Å². The molecule has 5 rings (SSSR count). The molecule has 0 bridgehead atoms. The van der Waals surface area contributed by atoms with Gasteiger partial charge in [-0.1, -0.05) is 56.3 Å². The van der Waals surface area contributed by atoms with Crippen LogP contribution >= 0.6 is 0 Å². The fourth-order valence-corrected chi connectivity index (χ4v) is 5.58. The van der Waals surface area contributed by atoms with E-state index in [-0.39, 0.29) is 5.82 Å². The van der Waals surface area contributed by atoms with Gasteiger partial charge >= 0.3 is 0 Å². The summed E-state index contributed by atoms with van der Waals surface area (Å²) in [5, 5.41) is 2.04. The number of pyridine rings is 1. The molecule has 0 amide bonds. The maximum atomic E-state index is 15.1. The topological polar surface area (TPSA) is 3.88 Å². The molecule has 1 heterocycles. The number of halogens is 1. The van der Waals surface area contributed by atoms with Crippen molar-refractivity contribution in [2.24, 2.45) is 12.5 Å². The van der Waals surface area contributed by atoms with Crippen LogP contribution in [0.5, 0.6) is 0 Å². The van der Waals surface area contributed by atoms with Crippen molar-refractivity contribution in [1.29, 1.82) is 0 Å². The molecule has 4 aromatic rings. The van der Waals surface area contributed by atoms with Crippen molar-refractivity contribution in [2.45, 2.75) is 59.3 Å². The summed E-state index contributed by atoms with van der Waals surface area (Å²) in [6.07, 6.45) is 4.90. The van der Waals surface area contributed by atoms with Gasteiger partial charge in [0.25, 0.3) is 0 Å². The van der Waals surface area contributed by atoms with E-state index in [4.69, 9.17) is 1.37 Å². The van der Waals surface area contributed by atoms with Crippen molar-refractivity contribution in [3.05, 3.63) is 89.3 Å². The predicted molar refractivity (Wildman–Crippen MR) is 140 cm³/mol. The number of hydrogen-bond acceptors (Lipinski definition) is 0. The molecule has 0 N–H and O–H groups in total. The quantitative estimate of drug-likeness (QED) is 0.274. The van der Waals surface area contributed by atoms with Gasteiger partial charge in [-0.15, -0.1) is 0 Å². The average Bonchev–Trinajstić information content (AvgIpc) is 2.84. The minimum atomic E-state index is -0.208. The number of rotatable bonds is 3. The van der Waals surface area contributed by atoms with Crippen LogP contribution in [0.2, 0.25) is 0 Å². The van der Waals surface area contributed by atoms with Gasteiger partial charge in [0.2, 0.25) is 5.69 Å². The Bertz CT molecular complexity index is 1410. The van der Waals surface area contributed by atoms with E-state index in [0.717, 1.165) is 38.9 Å². The number of hydrogen-bond donors (Lipinski definition) is 0. The molecule has 3 aromatic carbocycles. The van der Waals surface area contributed by atoms with Crippen LogP contribution in [0.1, 0.15) is 63.6 Å². The standard InChI is InChI=1S/C32H35FN/c1-21-17-30(33)29(24-9-7-6-8-10-24)20-28(21)31-27-12-11-25(19-26(27)18-22(2)34(31)5)23-13-15-32(3,4)16-14-23/h6-12,17-20,23H,13-16H2,1-5H3/q+1/i18D. The zero-order chi connectivity index (χ0) is 24.9. The van der Waals surface area contributed by atoms with Crippen molar-refractivity contribution in [3.8, 4) is 22.4 Å². The normalized spacial score (nSPS) is 16.6. The summed E-state index contributed by atoms with van der Waals surface area (Å²) in [4.78, 5) is 0. The van der Waals surface area contributed by atoms with Crippen molar-refractivity contribution >= 4 is 10.8 Å². The number of benzene rings is 3. The van der Waals surface area contributed by atoms with Crippen LogP contribution in [0, 0.1) is 25.1 Å². The third-order valence-corrected chi connectivity index (χ3v) is 7.92. The van der Waals surface area contributed by atoms with Crippen molar-refractivity contribution < 1.29 is 10.3 Å². The molecule has 1 saturated carbocycles. The van der Waals surface area contributed by atoms with E-state index in [0.29, 0.717) is 22.9 Å². The summed E-state index contributed by atoms with van der Waals surface area (Å²) in [6.45, 7) is 8.73. The highest BCUT2D eigenvalue weighted by Crippen LogP contribution is 2.43. The van der Waals surface area contributed by atoms with E-state index in [1.54, 1.807) is 6.07 Å². The summed E-state index contributed by atoms with van der Waals surface area (Å²) in [6, 6.07) is 20.7. The Morgan fingerprint density at radius 2 is 1.65 bits per heavy atom. The molecule has 0 saturated heterocycles. The lowest BCUT2D eigenvalue weighted by Gasteiger charge is -2.34. The largest absolute Gasteiger partial charge is 0.220 e. The lowest BCUT2D eigenvalue weighted by atomic mass is 9.71. The first-order valence-electron chi connectivity index (χ1n) is 12.9. The first-order chi connectivity index (χ1) is 16.7. The van der Waals surface area contributed by atoms with E-state index in [1.807, 2.05) is 57.3 Å². The lowest BCUT2D eigenvalue weighted by Crippen LogP contribution is -2.35. The Balaban J connectivity index is 1.69. The van der Waals surface area contributed by atoms with Gasteiger partial charge in [-0.25, -0.2) is 4.39 Å². The fraction of sp³-hybridized carbons (Fsp3) is 0.344. The molecule has 1 nitrogen and oxygen atoms in total. The molecular formula is C32H35FN+. The van der Waals surface area contributed by atoms with E-state index < -0.39 is 0 Å². The SMILES string of the molecule is [2H]c1c(C)[n+](C)c(-c2cc(-c3ccccc3)c(F)cc2C)c2ccc(C3CCC(C)(C)CC3)cc12. The van der Waals surface area contributed by atoms with Crippen molar-refractivity contribution in [2.75, 3.05) is 0 Å². The van der Waals surface area contributed by atoms with Gasteiger partial charge in [0, 0.05) is 18.5 Å². The monoisotopic (exact) mass is 453 g/mol.